The second kappa shape index (κ2) is 20.5. The van der Waals surface area contributed by atoms with Gasteiger partial charge in [-0.05, 0) is 44.2 Å². The van der Waals surface area contributed by atoms with Gasteiger partial charge in [-0.2, -0.15) is 0 Å². The van der Waals surface area contributed by atoms with Crippen LogP contribution in [-0.2, 0) is 22.5 Å². The number of carbonyl (C=O) groups is 1. The van der Waals surface area contributed by atoms with Crippen molar-refractivity contribution in [2.45, 2.75) is 123 Å². The van der Waals surface area contributed by atoms with Crippen LogP contribution in [0.2, 0.25) is 0 Å². The minimum atomic E-state index is -0.0954. The molecular formula is C36H58NO3+. The molecule has 4 heteroatoms. The summed E-state index contributed by atoms with van der Waals surface area (Å²) in [7, 11) is 4.50. The molecule has 0 aliphatic carbocycles. The molecule has 2 rings (SSSR count). The summed E-state index contributed by atoms with van der Waals surface area (Å²) in [5.41, 5.74) is 2.64. The molecule has 224 valence electrons. The van der Waals surface area contributed by atoms with Gasteiger partial charge in [0.05, 0.1) is 33.4 Å². The van der Waals surface area contributed by atoms with Gasteiger partial charge in [-0.15, -0.1) is 0 Å². The van der Waals surface area contributed by atoms with E-state index in [0.717, 1.165) is 42.6 Å². The van der Waals surface area contributed by atoms with E-state index in [-0.39, 0.29) is 12.1 Å². The van der Waals surface area contributed by atoms with Crippen molar-refractivity contribution in [3.8, 4) is 5.75 Å². The minimum Gasteiger partial charge on any atom is -0.490 e. The molecule has 2 aromatic carbocycles. The molecule has 0 amide bonds. The number of rotatable bonds is 23. The lowest BCUT2D eigenvalue weighted by Gasteiger charge is -2.30. The Hall–Kier alpha value is -2.33. The highest BCUT2D eigenvalue weighted by Crippen LogP contribution is 2.23. The number of carbonyl (C=O) groups excluding carboxylic acids is 1. The van der Waals surface area contributed by atoms with E-state index < -0.39 is 0 Å². The van der Waals surface area contributed by atoms with E-state index >= 15 is 0 Å². The number of ether oxygens (including phenoxy) is 2. The van der Waals surface area contributed by atoms with Crippen LogP contribution in [0.3, 0.4) is 0 Å². The topological polar surface area (TPSA) is 35.5 Å². The van der Waals surface area contributed by atoms with Crippen LogP contribution in [0.15, 0.2) is 54.6 Å². The van der Waals surface area contributed by atoms with Crippen molar-refractivity contribution in [1.29, 1.82) is 0 Å². The third kappa shape index (κ3) is 16.1. The zero-order chi connectivity index (χ0) is 28.9. The van der Waals surface area contributed by atoms with Gasteiger partial charge in [0, 0.05) is 18.4 Å². The summed E-state index contributed by atoms with van der Waals surface area (Å²) in [6.45, 7) is 6.81. The SMILES string of the molecule is CCCCCCCCCCCCc1ccccc1OC(C)CCOC(=O)CCCC[N+](C)(C)Cc1ccccc1. The van der Waals surface area contributed by atoms with E-state index in [2.05, 4.69) is 76.5 Å². The van der Waals surface area contributed by atoms with Crippen LogP contribution in [-0.4, -0.2) is 43.8 Å². The summed E-state index contributed by atoms with van der Waals surface area (Å²) in [5, 5.41) is 0. The lowest BCUT2D eigenvalue weighted by molar-refractivity contribution is -0.903. The predicted molar refractivity (Wildman–Crippen MR) is 169 cm³/mol. The largest absolute Gasteiger partial charge is 0.490 e. The number of benzene rings is 2. The van der Waals surface area contributed by atoms with Crippen molar-refractivity contribution < 1.29 is 18.8 Å². The third-order valence-corrected chi connectivity index (χ3v) is 7.74. The maximum Gasteiger partial charge on any atom is 0.305 e. The van der Waals surface area contributed by atoms with Gasteiger partial charge >= 0.3 is 5.97 Å². The van der Waals surface area contributed by atoms with E-state index in [4.69, 9.17) is 9.47 Å². The summed E-state index contributed by atoms with van der Waals surface area (Å²) >= 11 is 0. The van der Waals surface area contributed by atoms with Crippen molar-refractivity contribution in [3.63, 3.8) is 0 Å². The molecule has 4 nitrogen and oxygen atoms in total. The van der Waals surface area contributed by atoms with Crippen LogP contribution in [0, 0.1) is 0 Å². The Labute approximate surface area is 246 Å². The zero-order valence-electron chi connectivity index (χ0n) is 26.2. The number of unbranched alkanes of at least 4 members (excludes halogenated alkanes) is 10. The first-order valence-electron chi connectivity index (χ1n) is 16.2. The molecule has 0 spiro atoms. The molecule has 0 bridgehead atoms. The Balaban J connectivity index is 1.55. The molecule has 0 N–H and O–H groups in total. The number of para-hydroxylation sites is 1. The normalized spacial score (nSPS) is 12.3. The molecule has 0 radical (unpaired) electrons. The average Bonchev–Trinajstić information content (AvgIpc) is 2.93. The first-order valence-corrected chi connectivity index (χ1v) is 16.2. The molecule has 40 heavy (non-hydrogen) atoms. The quantitative estimate of drug-likeness (QED) is 0.0783. The number of aryl methyl sites for hydroxylation is 1. The highest BCUT2D eigenvalue weighted by atomic mass is 16.5. The molecule has 1 atom stereocenters. The van der Waals surface area contributed by atoms with Crippen LogP contribution >= 0.6 is 0 Å². The molecule has 0 aliphatic heterocycles. The summed E-state index contributed by atoms with van der Waals surface area (Å²) < 4.78 is 12.7. The van der Waals surface area contributed by atoms with Crippen LogP contribution < -0.4 is 4.74 Å². The number of hydrogen-bond donors (Lipinski definition) is 0. The van der Waals surface area contributed by atoms with Gasteiger partial charge in [-0.1, -0.05) is 113 Å². The van der Waals surface area contributed by atoms with E-state index in [1.165, 1.54) is 75.3 Å². The van der Waals surface area contributed by atoms with Crippen molar-refractivity contribution in [1.82, 2.24) is 0 Å². The van der Waals surface area contributed by atoms with Crippen molar-refractivity contribution >= 4 is 5.97 Å². The van der Waals surface area contributed by atoms with Gasteiger partial charge in [0.1, 0.15) is 12.3 Å². The van der Waals surface area contributed by atoms with Crippen LogP contribution in [0.1, 0.15) is 115 Å². The third-order valence-electron chi connectivity index (χ3n) is 7.74. The van der Waals surface area contributed by atoms with Gasteiger partial charge in [-0.25, -0.2) is 0 Å². The van der Waals surface area contributed by atoms with E-state index in [1.54, 1.807) is 0 Å². The standard InChI is InChI=1S/C36H58NO3/c1-5-6-7-8-9-10-11-12-13-17-24-34-25-18-19-26-35(34)40-32(2)28-30-39-36(38)27-20-21-29-37(3,4)31-33-22-15-14-16-23-33/h14-16,18-19,22-23,25-26,32H,5-13,17,20-21,24,27-31H2,1-4H3/q+1. The molecule has 0 saturated carbocycles. The average molecular weight is 553 g/mol. The van der Waals surface area contributed by atoms with Gasteiger partial charge in [-0.3, -0.25) is 4.79 Å². The smallest absolute Gasteiger partial charge is 0.305 e. The number of nitrogens with zero attached hydrogens (tertiary/aromatic N) is 1. The number of esters is 1. The second-order valence-electron chi connectivity index (χ2n) is 12.2. The molecule has 0 aliphatic rings. The lowest BCUT2D eigenvalue weighted by atomic mass is 10.0. The molecular weight excluding hydrogens is 494 g/mol. The fraction of sp³-hybridized carbons (Fsp3) is 0.639. The first-order chi connectivity index (χ1) is 19.4. The predicted octanol–water partition coefficient (Wildman–Crippen LogP) is 9.30. The van der Waals surface area contributed by atoms with Crippen molar-refractivity contribution in [2.75, 3.05) is 27.2 Å². The molecule has 0 heterocycles. The number of quaternary nitrogens is 1. The van der Waals surface area contributed by atoms with Gasteiger partial charge in [0.15, 0.2) is 0 Å². The first kappa shape index (κ1) is 33.9. The molecule has 2 aromatic rings. The molecule has 0 aromatic heterocycles. The summed E-state index contributed by atoms with van der Waals surface area (Å²) in [5.74, 6) is 0.885. The van der Waals surface area contributed by atoms with Gasteiger partial charge < -0.3 is 14.0 Å². The van der Waals surface area contributed by atoms with E-state index in [0.29, 0.717) is 19.4 Å². The van der Waals surface area contributed by atoms with Crippen molar-refractivity contribution in [2.24, 2.45) is 0 Å². The van der Waals surface area contributed by atoms with Crippen molar-refractivity contribution in [3.05, 3.63) is 65.7 Å². The summed E-state index contributed by atoms with van der Waals surface area (Å²) in [6.07, 6.45) is 17.7. The van der Waals surface area contributed by atoms with Crippen LogP contribution in [0.25, 0.3) is 0 Å². The Morgan fingerprint density at radius 1 is 0.775 bits per heavy atom. The highest BCUT2D eigenvalue weighted by Gasteiger charge is 2.16. The monoisotopic (exact) mass is 552 g/mol. The Morgan fingerprint density at radius 2 is 1.40 bits per heavy atom. The maximum atomic E-state index is 12.3. The van der Waals surface area contributed by atoms with Gasteiger partial charge in [0.25, 0.3) is 0 Å². The molecule has 0 saturated heterocycles. The fourth-order valence-corrected chi connectivity index (χ4v) is 5.28. The summed E-state index contributed by atoms with van der Waals surface area (Å²) in [4.78, 5) is 12.3. The van der Waals surface area contributed by atoms with E-state index in [1.807, 2.05) is 6.07 Å². The Bertz CT molecular complexity index is 911. The Morgan fingerprint density at radius 3 is 2.10 bits per heavy atom. The van der Waals surface area contributed by atoms with Crippen LogP contribution in [0.5, 0.6) is 5.75 Å². The van der Waals surface area contributed by atoms with E-state index in [9.17, 15) is 4.79 Å². The fourth-order valence-electron chi connectivity index (χ4n) is 5.28. The maximum absolute atomic E-state index is 12.3. The number of hydrogen-bond acceptors (Lipinski definition) is 3. The second-order valence-corrected chi connectivity index (χ2v) is 12.2. The lowest BCUT2D eigenvalue weighted by Crippen LogP contribution is -2.39. The molecule has 1 unspecified atom stereocenters. The molecule has 0 fully saturated rings. The Kier molecular flexibility index (Phi) is 17.4. The minimum absolute atomic E-state index is 0.0118. The summed E-state index contributed by atoms with van der Waals surface area (Å²) in [6, 6.07) is 19.0. The zero-order valence-corrected chi connectivity index (χ0v) is 26.2. The van der Waals surface area contributed by atoms with Gasteiger partial charge in [0.2, 0.25) is 0 Å². The highest BCUT2D eigenvalue weighted by molar-refractivity contribution is 5.69. The van der Waals surface area contributed by atoms with Crippen LogP contribution in [0.4, 0.5) is 0 Å².